The van der Waals surface area contributed by atoms with E-state index in [0.29, 0.717) is 6.42 Å². The fraction of sp³-hybridized carbons (Fsp3) is 0.273. The van der Waals surface area contributed by atoms with Crippen molar-refractivity contribution in [3.05, 3.63) is 35.4 Å². The molecule has 1 N–H and O–H groups in total. The van der Waals surface area contributed by atoms with Gasteiger partial charge in [-0.05, 0) is 18.9 Å². The number of thioether (sulfide) groups is 1. The van der Waals surface area contributed by atoms with Gasteiger partial charge in [-0.2, -0.15) is 0 Å². The number of carbonyl (C=O) groups is 2. The monoisotopic (exact) mass is 221 g/mol. The number of amides is 2. The summed E-state index contributed by atoms with van der Waals surface area (Å²) in [7, 11) is 0. The van der Waals surface area contributed by atoms with Gasteiger partial charge in [0.1, 0.15) is 0 Å². The number of benzene rings is 1. The summed E-state index contributed by atoms with van der Waals surface area (Å²) in [5.41, 5.74) is 2.28. The number of hydrogen-bond donors (Lipinski definition) is 1. The van der Waals surface area contributed by atoms with Gasteiger partial charge in [0.05, 0.1) is 5.25 Å². The Balaban J connectivity index is 2.06. The summed E-state index contributed by atoms with van der Waals surface area (Å²) in [6.45, 7) is 2.02. The van der Waals surface area contributed by atoms with Gasteiger partial charge in [-0.3, -0.25) is 14.9 Å². The van der Waals surface area contributed by atoms with Crippen molar-refractivity contribution in [1.82, 2.24) is 5.32 Å². The van der Waals surface area contributed by atoms with Crippen LogP contribution < -0.4 is 5.32 Å². The van der Waals surface area contributed by atoms with Crippen LogP contribution in [0, 0.1) is 6.92 Å². The Kier molecular flexibility index (Phi) is 2.77. The zero-order valence-electron chi connectivity index (χ0n) is 8.32. The molecule has 1 aromatic carbocycles. The Morgan fingerprint density at radius 3 is 2.47 bits per heavy atom. The van der Waals surface area contributed by atoms with Gasteiger partial charge in [-0.15, -0.1) is 0 Å². The van der Waals surface area contributed by atoms with Gasteiger partial charge in [0.2, 0.25) is 5.91 Å². The molecule has 1 saturated heterocycles. The van der Waals surface area contributed by atoms with E-state index in [1.165, 1.54) is 5.56 Å². The van der Waals surface area contributed by atoms with Crippen LogP contribution in [0.1, 0.15) is 11.1 Å². The summed E-state index contributed by atoms with van der Waals surface area (Å²) >= 11 is 1.07. The lowest BCUT2D eigenvalue weighted by Crippen LogP contribution is -2.25. The largest absolute Gasteiger partial charge is 0.286 e. The van der Waals surface area contributed by atoms with Crippen LogP contribution in [-0.2, 0) is 11.2 Å². The highest BCUT2D eigenvalue weighted by molar-refractivity contribution is 8.15. The maximum atomic E-state index is 11.3. The average molecular weight is 221 g/mol. The van der Waals surface area contributed by atoms with Gasteiger partial charge < -0.3 is 0 Å². The van der Waals surface area contributed by atoms with E-state index in [2.05, 4.69) is 5.32 Å². The molecular formula is C11H11NO2S. The molecule has 1 aliphatic rings. The molecule has 78 valence electrons. The summed E-state index contributed by atoms with van der Waals surface area (Å²) in [6, 6.07) is 8.00. The number of hydrogen-bond acceptors (Lipinski definition) is 3. The third-order valence-electron chi connectivity index (χ3n) is 2.31. The number of aryl methyl sites for hydroxylation is 1. The first-order chi connectivity index (χ1) is 7.15. The topological polar surface area (TPSA) is 46.2 Å². The molecule has 2 rings (SSSR count). The molecule has 1 aliphatic heterocycles. The van der Waals surface area contributed by atoms with E-state index in [1.54, 1.807) is 0 Å². The SMILES string of the molecule is Cc1ccc(CC2SC(=O)NC2=O)cc1. The fourth-order valence-corrected chi connectivity index (χ4v) is 2.33. The van der Waals surface area contributed by atoms with Gasteiger partial charge in [0.15, 0.2) is 0 Å². The Morgan fingerprint density at radius 2 is 1.93 bits per heavy atom. The van der Waals surface area contributed by atoms with Crippen molar-refractivity contribution in [3.63, 3.8) is 0 Å². The lowest BCUT2D eigenvalue weighted by Gasteiger charge is -2.05. The highest BCUT2D eigenvalue weighted by Gasteiger charge is 2.31. The zero-order valence-corrected chi connectivity index (χ0v) is 9.14. The predicted octanol–water partition coefficient (Wildman–Crippen LogP) is 1.89. The maximum Gasteiger partial charge on any atom is 0.286 e. The van der Waals surface area contributed by atoms with Crippen LogP contribution in [0.5, 0.6) is 0 Å². The second-order valence-electron chi connectivity index (χ2n) is 3.57. The first-order valence-corrected chi connectivity index (χ1v) is 5.60. The molecule has 1 heterocycles. The normalized spacial score (nSPS) is 20.5. The van der Waals surface area contributed by atoms with Crippen molar-refractivity contribution in [2.75, 3.05) is 0 Å². The molecule has 0 spiro atoms. The molecule has 2 amide bonds. The highest BCUT2D eigenvalue weighted by Crippen LogP contribution is 2.22. The summed E-state index contributed by atoms with van der Waals surface area (Å²) in [6.07, 6.45) is 0.614. The van der Waals surface area contributed by atoms with Crippen molar-refractivity contribution in [3.8, 4) is 0 Å². The van der Waals surface area contributed by atoms with E-state index in [-0.39, 0.29) is 16.4 Å². The molecule has 1 unspecified atom stereocenters. The van der Waals surface area contributed by atoms with Crippen LogP contribution in [0.3, 0.4) is 0 Å². The van der Waals surface area contributed by atoms with Crippen molar-refractivity contribution < 1.29 is 9.59 Å². The molecule has 15 heavy (non-hydrogen) atoms. The lowest BCUT2D eigenvalue weighted by molar-refractivity contribution is -0.118. The molecule has 4 heteroatoms. The molecule has 1 fully saturated rings. The van der Waals surface area contributed by atoms with Gasteiger partial charge >= 0.3 is 0 Å². The Labute approximate surface area is 92.2 Å². The number of imide groups is 1. The third kappa shape index (κ3) is 2.39. The summed E-state index contributed by atoms with van der Waals surface area (Å²) < 4.78 is 0. The zero-order chi connectivity index (χ0) is 10.8. The first-order valence-electron chi connectivity index (χ1n) is 4.72. The molecule has 1 aromatic rings. The molecular weight excluding hydrogens is 210 g/mol. The Morgan fingerprint density at radius 1 is 1.27 bits per heavy atom. The van der Waals surface area contributed by atoms with Crippen LogP contribution in [0.15, 0.2) is 24.3 Å². The highest BCUT2D eigenvalue weighted by atomic mass is 32.2. The first kappa shape index (κ1) is 10.2. The van der Waals surface area contributed by atoms with E-state index >= 15 is 0 Å². The second kappa shape index (κ2) is 4.06. The van der Waals surface area contributed by atoms with E-state index in [4.69, 9.17) is 0 Å². The molecule has 0 saturated carbocycles. The van der Waals surface area contributed by atoms with Crippen molar-refractivity contribution in [1.29, 1.82) is 0 Å². The quantitative estimate of drug-likeness (QED) is 0.829. The van der Waals surface area contributed by atoms with E-state index in [9.17, 15) is 9.59 Å². The molecule has 1 atom stereocenters. The number of nitrogens with one attached hydrogen (secondary N) is 1. The minimum atomic E-state index is -0.264. The van der Waals surface area contributed by atoms with Crippen LogP contribution in [0.25, 0.3) is 0 Å². The molecule has 0 radical (unpaired) electrons. The fourth-order valence-electron chi connectivity index (χ4n) is 1.47. The average Bonchev–Trinajstić information content (AvgIpc) is 2.49. The molecule has 0 aliphatic carbocycles. The summed E-state index contributed by atoms with van der Waals surface area (Å²) in [5, 5.41) is 1.78. The van der Waals surface area contributed by atoms with Crippen LogP contribution in [0.4, 0.5) is 4.79 Å². The number of rotatable bonds is 2. The lowest BCUT2D eigenvalue weighted by atomic mass is 10.1. The minimum absolute atomic E-state index is 0.175. The van der Waals surface area contributed by atoms with E-state index in [1.807, 2.05) is 31.2 Å². The molecule has 0 bridgehead atoms. The molecule has 0 aromatic heterocycles. The van der Waals surface area contributed by atoms with Gasteiger partial charge in [-0.1, -0.05) is 41.6 Å². The van der Waals surface area contributed by atoms with Gasteiger partial charge in [0, 0.05) is 0 Å². The van der Waals surface area contributed by atoms with E-state index < -0.39 is 0 Å². The second-order valence-corrected chi connectivity index (χ2v) is 4.75. The Bertz CT molecular complexity index is 400. The maximum absolute atomic E-state index is 11.3. The van der Waals surface area contributed by atoms with Gasteiger partial charge in [-0.25, -0.2) is 0 Å². The Hall–Kier alpha value is -1.29. The number of carbonyl (C=O) groups excluding carboxylic acids is 2. The summed E-state index contributed by atoms with van der Waals surface area (Å²) in [4.78, 5) is 22.2. The van der Waals surface area contributed by atoms with Gasteiger partial charge in [0.25, 0.3) is 5.24 Å². The van der Waals surface area contributed by atoms with E-state index in [0.717, 1.165) is 17.3 Å². The van der Waals surface area contributed by atoms with Crippen molar-refractivity contribution in [2.45, 2.75) is 18.6 Å². The third-order valence-corrected chi connectivity index (χ3v) is 3.29. The van der Waals surface area contributed by atoms with Crippen LogP contribution in [0.2, 0.25) is 0 Å². The van der Waals surface area contributed by atoms with Crippen molar-refractivity contribution in [2.24, 2.45) is 0 Å². The minimum Gasteiger partial charge on any atom is -0.286 e. The standard InChI is InChI=1S/C11H11NO2S/c1-7-2-4-8(5-3-7)6-9-10(13)12-11(14)15-9/h2-5,9H,6H2,1H3,(H,12,13,14). The molecule has 3 nitrogen and oxygen atoms in total. The summed E-state index contributed by atoms with van der Waals surface area (Å²) in [5.74, 6) is -0.175. The van der Waals surface area contributed by atoms with Crippen LogP contribution >= 0.6 is 11.8 Å². The predicted molar refractivity (Wildman–Crippen MR) is 59.8 cm³/mol. The smallest absolute Gasteiger partial charge is 0.286 e. The van der Waals surface area contributed by atoms with Crippen LogP contribution in [-0.4, -0.2) is 16.4 Å². The van der Waals surface area contributed by atoms with Crippen molar-refractivity contribution >= 4 is 22.9 Å².